The van der Waals surface area contributed by atoms with Crippen LogP contribution in [-0.4, -0.2) is 36.0 Å². The van der Waals surface area contributed by atoms with Crippen molar-refractivity contribution in [2.45, 2.75) is 12.8 Å². The van der Waals surface area contributed by atoms with E-state index in [9.17, 15) is 4.79 Å². The van der Waals surface area contributed by atoms with Crippen molar-refractivity contribution in [1.29, 1.82) is 0 Å². The number of nitrogens with one attached hydrogen (secondary N) is 1. The van der Waals surface area contributed by atoms with E-state index in [2.05, 4.69) is 20.2 Å². The number of amides is 1. The molecule has 92 valence electrons. The lowest BCUT2D eigenvalue weighted by molar-refractivity contribution is -0.125. The molecule has 0 atom stereocenters. The van der Waals surface area contributed by atoms with Gasteiger partial charge >= 0.3 is 0 Å². The van der Waals surface area contributed by atoms with Crippen molar-refractivity contribution in [3.8, 4) is 0 Å². The summed E-state index contributed by atoms with van der Waals surface area (Å²) >= 11 is 0. The molecule has 1 aromatic heterocycles. The fourth-order valence-electron chi connectivity index (χ4n) is 2.10. The Balaban J connectivity index is 1.97. The Labute approximate surface area is 100 Å². The summed E-state index contributed by atoms with van der Waals surface area (Å²) in [6, 6.07) is 0. The lowest BCUT2D eigenvalue weighted by Gasteiger charge is -2.31. The maximum atomic E-state index is 11.5. The van der Waals surface area contributed by atoms with Gasteiger partial charge in [-0.3, -0.25) is 9.78 Å². The summed E-state index contributed by atoms with van der Waals surface area (Å²) in [5, 5.41) is 2.69. The van der Waals surface area contributed by atoms with Gasteiger partial charge in [-0.1, -0.05) is 0 Å². The minimum absolute atomic E-state index is 0.116. The fraction of sp³-hybridized carbons (Fsp3) is 0.545. The minimum atomic E-state index is 0.116. The highest BCUT2D eigenvalue weighted by Gasteiger charge is 2.24. The molecule has 0 saturated carbocycles. The van der Waals surface area contributed by atoms with Gasteiger partial charge < -0.3 is 16.0 Å². The quantitative estimate of drug-likeness (QED) is 0.755. The molecule has 2 heterocycles. The van der Waals surface area contributed by atoms with Crippen LogP contribution in [0.1, 0.15) is 12.8 Å². The molecule has 1 aliphatic rings. The van der Waals surface area contributed by atoms with Crippen LogP contribution in [0.3, 0.4) is 0 Å². The summed E-state index contributed by atoms with van der Waals surface area (Å²) in [4.78, 5) is 21.8. The molecule has 3 N–H and O–H groups in total. The lowest BCUT2D eigenvalue weighted by Crippen LogP contribution is -2.40. The third kappa shape index (κ3) is 2.64. The van der Waals surface area contributed by atoms with Crippen LogP contribution in [0.15, 0.2) is 12.4 Å². The predicted octanol–water partition coefficient (Wildman–Crippen LogP) is 0.0212. The Morgan fingerprint density at radius 1 is 1.47 bits per heavy atom. The molecular formula is C11H17N5O. The molecule has 0 spiro atoms. The number of nitrogen functional groups attached to an aromatic ring is 1. The number of aromatic nitrogens is 2. The number of hydrogen-bond donors (Lipinski definition) is 2. The van der Waals surface area contributed by atoms with Crippen molar-refractivity contribution in [1.82, 2.24) is 15.3 Å². The van der Waals surface area contributed by atoms with E-state index in [4.69, 9.17) is 5.73 Å². The van der Waals surface area contributed by atoms with Crippen LogP contribution < -0.4 is 16.0 Å². The van der Waals surface area contributed by atoms with Crippen molar-refractivity contribution < 1.29 is 4.79 Å². The van der Waals surface area contributed by atoms with Gasteiger partial charge in [-0.15, -0.1) is 0 Å². The first-order valence-electron chi connectivity index (χ1n) is 5.74. The lowest BCUT2D eigenvalue weighted by atomic mass is 9.96. The van der Waals surface area contributed by atoms with Crippen LogP contribution in [0.4, 0.5) is 11.6 Å². The van der Waals surface area contributed by atoms with E-state index in [0.717, 1.165) is 31.7 Å². The second kappa shape index (κ2) is 4.99. The molecule has 0 aliphatic carbocycles. The number of nitrogens with two attached hydrogens (primary N) is 1. The third-order valence-electron chi connectivity index (χ3n) is 3.08. The Hall–Kier alpha value is -1.85. The Bertz CT molecular complexity index is 401. The van der Waals surface area contributed by atoms with Crippen LogP contribution in [0.2, 0.25) is 0 Å². The number of carbonyl (C=O) groups is 1. The predicted molar refractivity (Wildman–Crippen MR) is 65.4 cm³/mol. The fourth-order valence-corrected chi connectivity index (χ4v) is 2.10. The molecule has 1 aliphatic heterocycles. The van der Waals surface area contributed by atoms with E-state index in [1.54, 1.807) is 13.2 Å². The molecule has 0 unspecified atom stereocenters. The van der Waals surface area contributed by atoms with Crippen LogP contribution >= 0.6 is 0 Å². The SMILES string of the molecule is CNC(=O)C1CCN(c2cncc(N)n2)CC1. The molecule has 0 bridgehead atoms. The van der Waals surface area contributed by atoms with Gasteiger partial charge in [-0.25, -0.2) is 4.98 Å². The van der Waals surface area contributed by atoms with Gasteiger partial charge in [0.2, 0.25) is 5.91 Å². The van der Waals surface area contributed by atoms with Crippen molar-refractivity contribution in [2.75, 3.05) is 30.8 Å². The smallest absolute Gasteiger partial charge is 0.222 e. The zero-order valence-corrected chi connectivity index (χ0v) is 9.89. The van der Waals surface area contributed by atoms with Crippen LogP contribution in [-0.2, 0) is 4.79 Å². The first-order valence-corrected chi connectivity index (χ1v) is 5.74. The average molecular weight is 235 g/mol. The van der Waals surface area contributed by atoms with E-state index in [1.807, 2.05) is 0 Å². The molecule has 1 saturated heterocycles. The highest BCUT2D eigenvalue weighted by Crippen LogP contribution is 2.21. The number of hydrogen-bond acceptors (Lipinski definition) is 5. The topological polar surface area (TPSA) is 84.1 Å². The summed E-state index contributed by atoms with van der Waals surface area (Å²) in [5.74, 6) is 1.46. The Morgan fingerprint density at radius 2 is 2.18 bits per heavy atom. The van der Waals surface area contributed by atoms with Gasteiger partial charge in [0.15, 0.2) is 0 Å². The number of piperidine rings is 1. The number of anilines is 2. The minimum Gasteiger partial charge on any atom is -0.382 e. The molecule has 1 fully saturated rings. The molecule has 1 aromatic rings. The molecule has 6 heteroatoms. The first kappa shape index (κ1) is 11.6. The highest BCUT2D eigenvalue weighted by atomic mass is 16.1. The van der Waals surface area contributed by atoms with E-state index >= 15 is 0 Å². The van der Waals surface area contributed by atoms with Crippen molar-refractivity contribution in [3.63, 3.8) is 0 Å². The van der Waals surface area contributed by atoms with Gasteiger partial charge in [-0.2, -0.15) is 0 Å². The molecule has 0 aromatic carbocycles. The second-order valence-electron chi connectivity index (χ2n) is 4.18. The first-order chi connectivity index (χ1) is 8.20. The summed E-state index contributed by atoms with van der Waals surface area (Å²) in [5.41, 5.74) is 5.60. The van der Waals surface area contributed by atoms with Gasteiger partial charge in [0.05, 0.1) is 12.4 Å². The van der Waals surface area contributed by atoms with E-state index < -0.39 is 0 Å². The van der Waals surface area contributed by atoms with E-state index in [-0.39, 0.29) is 11.8 Å². The zero-order chi connectivity index (χ0) is 12.3. The van der Waals surface area contributed by atoms with Crippen molar-refractivity contribution in [3.05, 3.63) is 12.4 Å². The Morgan fingerprint density at radius 3 is 2.76 bits per heavy atom. The maximum Gasteiger partial charge on any atom is 0.222 e. The highest BCUT2D eigenvalue weighted by molar-refractivity contribution is 5.78. The van der Waals surface area contributed by atoms with Gasteiger partial charge in [0.25, 0.3) is 0 Å². The normalized spacial score (nSPS) is 16.9. The van der Waals surface area contributed by atoms with Crippen molar-refractivity contribution >= 4 is 17.5 Å². The monoisotopic (exact) mass is 235 g/mol. The third-order valence-corrected chi connectivity index (χ3v) is 3.08. The molecular weight excluding hydrogens is 218 g/mol. The van der Waals surface area contributed by atoms with Gasteiger partial charge in [-0.05, 0) is 12.8 Å². The number of rotatable bonds is 2. The maximum absolute atomic E-state index is 11.5. The van der Waals surface area contributed by atoms with E-state index in [1.165, 1.54) is 6.20 Å². The standard InChI is InChI=1S/C11H17N5O/c1-13-11(17)8-2-4-16(5-3-8)10-7-14-6-9(12)15-10/h6-8H,2-5H2,1H3,(H2,12,15)(H,13,17). The summed E-state index contributed by atoms with van der Waals surface area (Å²) in [6.07, 6.45) is 4.92. The van der Waals surface area contributed by atoms with Crippen molar-refractivity contribution in [2.24, 2.45) is 5.92 Å². The number of carbonyl (C=O) groups excluding carboxylic acids is 1. The van der Waals surface area contributed by atoms with E-state index in [0.29, 0.717) is 5.82 Å². The van der Waals surface area contributed by atoms with Gasteiger partial charge in [0.1, 0.15) is 11.6 Å². The zero-order valence-electron chi connectivity index (χ0n) is 9.89. The molecule has 0 radical (unpaired) electrons. The van der Waals surface area contributed by atoms with Crippen LogP contribution in [0, 0.1) is 5.92 Å². The summed E-state index contributed by atoms with van der Waals surface area (Å²) < 4.78 is 0. The van der Waals surface area contributed by atoms with Gasteiger partial charge in [0, 0.05) is 26.1 Å². The Kier molecular flexibility index (Phi) is 3.41. The summed E-state index contributed by atoms with van der Waals surface area (Å²) in [6.45, 7) is 1.63. The largest absolute Gasteiger partial charge is 0.382 e. The molecule has 6 nitrogen and oxygen atoms in total. The molecule has 17 heavy (non-hydrogen) atoms. The molecule has 1 amide bonds. The number of nitrogens with zero attached hydrogens (tertiary/aromatic N) is 3. The van der Waals surface area contributed by atoms with Crippen LogP contribution in [0.5, 0.6) is 0 Å². The van der Waals surface area contributed by atoms with Crippen LogP contribution in [0.25, 0.3) is 0 Å². The average Bonchev–Trinajstić information content (AvgIpc) is 2.38. The second-order valence-corrected chi connectivity index (χ2v) is 4.18. The molecule has 2 rings (SSSR count). The summed E-state index contributed by atoms with van der Waals surface area (Å²) in [7, 11) is 1.68.